The summed E-state index contributed by atoms with van der Waals surface area (Å²) in [6, 6.07) is 15.8. The van der Waals surface area contributed by atoms with Gasteiger partial charge in [0.2, 0.25) is 0 Å². The summed E-state index contributed by atoms with van der Waals surface area (Å²) >= 11 is 11.5. The number of rotatable bonds is 10. The predicted molar refractivity (Wildman–Crippen MR) is 176 cm³/mol. The fraction of sp³-hybridized carbons (Fsp3) is 0.242. The molecule has 12 heteroatoms. The van der Waals surface area contributed by atoms with Crippen LogP contribution in [0.5, 0.6) is 23.0 Å². The zero-order chi connectivity index (χ0) is 32.2. The van der Waals surface area contributed by atoms with Crippen molar-refractivity contribution in [2.75, 3.05) is 27.9 Å². The number of hydrogen-bond donors (Lipinski definition) is 0. The highest BCUT2D eigenvalue weighted by Crippen LogP contribution is 2.41. The van der Waals surface area contributed by atoms with Gasteiger partial charge in [-0.25, -0.2) is 9.79 Å². The molecule has 5 rings (SSSR count). The summed E-state index contributed by atoms with van der Waals surface area (Å²) in [6.07, 6.45) is 1.71. The van der Waals surface area contributed by atoms with Gasteiger partial charge in [0.1, 0.15) is 6.61 Å². The van der Waals surface area contributed by atoms with E-state index in [1.165, 1.54) is 37.2 Å². The zero-order valence-corrected chi connectivity index (χ0v) is 28.3. The molecule has 0 spiro atoms. The Labute approximate surface area is 277 Å². The highest BCUT2D eigenvalue weighted by atomic mass is 79.9. The average Bonchev–Trinajstić information content (AvgIpc) is 3.33. The predicted octanol–water partition coefficient (Wildman–Crippen LogP) is 5.82. The Kier molecular flexibility index (Phi) is 10.0. The highest BCUT2D eigenvalue weighted by Gasteiger charge is 2.35. The number of methoxy groups -OCH3 is 3. The number of nitrogens with zero attached hydrogens (tertiary/aromatic N) is 2. The van der Waals surface area contributed by atoms with Gasteiger partial charge in [0, 0.05) is 4.47 Å². The maximum absolute atomic E-state index is 14.1. The first-order valence-electron chi connectivity index (χ1n) is 13.9. The van der Waals surface area contributed by atoms with Crippen LogP contribution in [0.3, 0.4) is 0 Å². The van der Waals surface area contributed by atoms with Crippen LogP contribution in [0.15, 0.2) is 80.1 Å². The average molecular weight is 714 g/mol. The molecule has 45 heavy (non-hydrogen) atoms. The number of thiazole rings is 1. The van der Waals surface area contributed by atoms with Crippen molar-refractivity contribution in [3.8, 4) is 23.0 Å². The molecule has 1 aliphatic rings. The number of halogens is 2. The fourth-order valence-corrected chi connectivity index (χ4v) is 6.87. The van der Waals surface area contributed by atoms with E-state index in [0.29, 0.717) is 65.3 Å². The van der Waals surface area contributed by atoms with Crippen LogP contribution >= 0.6 is 38.9 Å². The number of benzene rings is 3. The number of carbonyl (C=O) groups excluding carboxylic acids is 1. The van der Waals surface area contributed by atoms with E-state index in [9.17, 15) is 9.59 Å². The van der Waals surface area contributed by atoms with Crippen LogP contribution in [0.1, 0.15) is 36.6 Å². The summed E-state index contributed by atoms with van der Waals surface area (Å²) in [4.78, 5) is 32.5. The number of aromatic nitrogens is 1. The molecule has 2 heterocycles. The van der Waals surface area contributed by atoms with Gasteiger partial charge in [0.15, 0.2) is 27.8 Å². The smallest absolute Gasteiger partial charge is 0.338 e. The van der Waals surface area contributed by atoms with Crippen molar-refractivity contribution >= 4 is 50.9 Å². The van der Waals surface area contributed by atoms with Crippen LogP contribution in [0.25, 0.3) is 6.08 Å². The monoisotopic (exact) mass is 712 g/mol. The summed E-state index contributed by atoms with van der Waals surface area (Å²) in [5.41, 5.74) is 2.54. The minimum absolute atomic E-state index is 0.160. The van der Waals surface area contributed by atoms with Gasteiger partial charge in [-0.1, -0.05) is 69.2 Å². The first kappa shape index (κ1) is 32.3. The summed E-state index contributed by atoms with van der Waals surface area (Å²) in [5.74, 6) is 1.18. The lowest BCUT2D eigenvalue weighted by molar-refractivity contribution is -0.139. The number of ether oxygens (including phenoxy) is 5. The van der Waals surface area contributed by atoms with Gasteiger partial charge in [-0.3, -0.25) is 9.36 Å². The topological polar surface area (TPSA) is 97.6 Å². The maximum atomic E-state index is 14.1. The second kappa shape index (κ2) is 13.9. The maximum Gasteiger partial charge on any atom is 0.338 e. The quantitative estimate of drug-likeness (QED) is 0.191. The lowest BCUT2D eigenvalue weighted by Crippen LogP contribution is -2.40. The molecule has 0 unspecified atom stereocenters. The van der Waals surface area contributed by atoms with E-state index >= 15 is 0 Å². The molecule has 1 atom stereocenters. The van der Waals surface area contributed by atoms with Crippen molar-refractivity contribution in [2.45, 2.75) is 26.5 Å². The lowest BCUT2D eigenvalue weighted by Gasteiger charge is -2.26. The molecule has 4 aromatic rings. The lowest BCUT2D eigenvalue weighted by atomic mass is 9.95. The summed E-state index contributed by atoms with van der Waals surface area (Å²) in [6.45, 7) is 3.92. The second-order valence-electron chi connectivity index (χ2n) is 9.84. The molecule has 0 saturated carbocycles. The Hall–Kier alpha value is -4.06. The molecule has 0 amide bonds. The largest absolute Gasteiger partial charge is 0.493 e. The standard InChI is InChI=1S/C33H30BrClN2O7S/c1-6-43-32(39)28-18(2)36-33-37(29(28)21-15-24(40-3)25(41-4)16-22(21)34)31(38)27(45-33)14-20-12-23(35)30(26(13-20)42-5)44-17-19-10-8-7-9-11-19/h7-16,29H,6,17H2,1-5H3/b27-14-/t29-/m1/s1. The molecule has 1 aliphatic heterocycles. The first-order valence-corrected chi connectivity index (χ1v) is 15.8. The van der Waals surface area contributed by atoms with Gasteiger partial charge in [-0.05, 0) is 60.9 Å². The number of allylic oxidation sites excluding steroid dienone is 1. The minimum atomic E-state index is -0.858. The SMILES string of the molecule is CCOC(=O)C1=C(C)N=c2s/c(=C\c3cc(Cl)c(OCc4ccccc4)c(OC)c3)c(=O)n2[C@@H]1c1cc(OC)c(OC)cc1Br. The Morgan fingerprint density at radius 2 is 1.73 bits per heavy atom. The van der Waals surface area contributed by atoms with Crippen LogP contribution in [0.4, 0.5) is 0 Å². The molecule has 3 aromatic carbocycles. The van der Waals surface area contributed by atoms with E-state index in [1.807, 2.05) is 30.3 Å². The van der Waals surface area contributed by atoms with Crippen molar-refractivity contribution < 1.29 is 28.5 Å². The molecule has 234 valence electrons. The Bertz CT molecular complexity index is 1970. The van der Waals surface area contributed by atoms with E-state index in [4.69, 9.17) is 35.3 Å². The van der Waals surface area contributed by atoms with Crippen molar-refractivity contribution in [2.24, 2.45) is 4.99 Å². The van der Waals surface area contributed by atoms with Gasteiger partial charge >= 0.3 is 5.97 Å². The summed E-state index contributed by atoms with van der Waals surface area (Å²) in [7, 11) is 4.58. The first-order chi connectivity index (χ1) is 21.7. The third-order valence-electron chi connectivity index (χ3n) is 7.09. The van der Waals surface area contributed by atoms with Gasteiger partial charge < -0.3 is 23.7 Å². The van der Waals surface area contributed by atoms with E-state index in [0.717, 1.165) is 5.56 Å². The van der Waals surface area contributed by atoms with Crippen LogP contribution in [-0.2, 0) is 16.1 Å². The van der Waals surface area contributed by atoms with Gasteiger partial charge in [0.25, 0.3) is 5.56 Å². The van der Waals surface area contributed by atoms with Crippen LogP contribution in [-0.4, -0.2) is 38.5 Å². The van der Waals surface area contributed by atoms with Crippen LogP contribution in [0, 0.1) is 0 Å². The normalized spacial score (nSPS) is 14.5. The van der Waals surface area contributed by atoms with Gasteiger partial charge in [-0.2, -0.15) is 0 Å². The third kappa shape index (κ3) is 6.51. The molecule has 0 aliphatic carbocycles. The van der Waals surface area contributed by atoms with Gasteiger partial charge in [0.05, 0.1) is 54.8 Å². The van der Waals surface area contributed by atoms with Gasteiger partial charge in [-0.15, -0.1) is 0 Å². The summed E-state index contributed by atoms with van der Waals surface area (Å²) in [5, 5.41) is 0.330. The second-order valence-corrected chi connectivity index (χ2v) is 12.1. The molecular formula is C33H30BrClN2O7S. The molecule has 0 bridgehead atoms. The minimum Gasteiger partial charge on any atom is -0.493 e. The number of hydrogen-bond acceptors (Lipinski definition) is 9. The van der Waals surface area contributed by atoms with Crippen LogP contribution in [0.2, 0.25) is 5.02 Å². The number of carbonyl (C=O) groups is 1. The number of esters is 1. The zero-order valence-electron chi connectivity index (χ0n) is 25.2. The molecule has 0 N–H and O–H groups in total. The molecule has 0 saturated heterocycles. The van der Waals surface area contributed by atoms with E-state index < -0.39 is 12.0 Å². The summed E-state index contributed by atoms with van der Waals surface area (Å²) < 4.78 is 30.5. The van der Waals surface area contributed by atoms with E-state index in [-0.39, 0.29) is 17.7 Å². The van der Waals surface area contributed by atoms with Crippen molar-refractivity contribution in [1.82, 2.24) is 4.57 Å². The third-order valence-corrected chi connectivity index (χ3v) is 9.04. The van der Waals surface area contributed by atoms with E-state index in [1.54, 1.807) is 44.2 Å². The fourth-order valence-electron chi connectivity index (χ4n) is 5.01. The highest BCUT2D eigenvalue weighted by molar-refractivity contribution is 9.10. The number of fused-ring (bicyclic) bond motifs is 1. The Morgan fingerprint density at radius 3 is 2.40 bits per heavy atom. The Morgan fingerprint density at radius 1 is 1.04 bits per heavy atom. The Balaban J connectivity index is 1.64. The van der Waals surface area contributed by atoms with E-state index in [2.05, 4.69) is 20.9 Å². The van der Waals surface area contributed by atoms with Crippen molar-refractivity contribution in [3.63, 3.8) is 0 Å². The molecule has 0 radical (unpaired) electrons. The van der Waals surface area contributed by atoms with Crippen LogP contribution < -0.4 is 33.8 Å². The van der Waals surface area contributed by atoms with Crippen molar-refractivity contribution in [3.05, 3.63) is 112 Å². The molecule has 9 nitrogen and oxygen atoms in total. The molecule has 0 fully saturated rings. The van der Waals surface area contributed by atoms with Crippen molar-refractivity contribution in [1.29, 1.82) is 0 Å². The molecular weight excluding hydrogens is 684 g/mol. The molecule has 1 aromatic heterocycles.